The number of rotatable bonds is 2. The lowest BCUT2D eigenvalue weighted by atomic mass is 9.96. The number of carbonyl (C=O) groups excluding carboxylic acids is 2. The van der Waals surface area contributed by atoms with E-state index in [0.717, 1.165) is 4.90 Å². The van der Waals surface area contributed by atoms with E-state index in [4.69, 9.17) is 5.11 Å². The molecule has 1 fully saturated rings. The first-order valence-corrected chi connectivity index (χ1v) is 5.00. The Morgan fingerprint density at radius 1 is 1.47 bits per heavy atom. The maximum absolute atomic E-state index is 11.6. The van der Waals surface area contributed by atoms with Gasteiger partial charge >= 0.3 is 5.97 Å². The highest BCUT2D eigenvalue weighted by atomic mass is 16.4. The van der Waals surface area contributed by atoms with Crippen molar-refractivity contribution in [3.63, 3.8) is 0 Å². The molecule has 1 saturated heterocycles. The Morgan fingerprint density at radius 3 is 2.53 bits per heavy atom. The largest absolute Gasteiger partial charge is 0.481 e. The molecule has 0 aliphatic carbocycles. The molecule has 1 aliphatic rings. The van der Waals surface area contributed by atoms with Gasteiger partial charge in [-0.25, -0.2) is 0 Å². The van der Waals surface area contributed by atoms with Crippen molar-refractivity contribution in [1.29, 1.82) is 0 Å². The second-order valence-electron chi connectivity index (χ2n) is 4.07. The van der Waals surface area contributed by atoms with Crippen LogP contribution in [-0.2, 0) is 14.4 Å². The van der Waals surface area contributed by atoms with Gasteiger partial charge in [-0.1, -0.05) is 13.8 Å². The lowest BCUT2D eigenvalue weighted by molar-refractivity contribution is -0.154. The summed E-state index contributed by atoms with van der Waals surface area (Å²) in [5, 5.41) is 8.81. The van der Waals surface area contributed by atoms with E-state index in [1.54, 1.807) is 13.8 Å². The van der Waals surface area contributed by atoms with Crippen LogP contribution in [0, 0.1) is 11.8 Å². The summed E-state index contributed by atoms with van der Waals surface area (Å²) >= 11 is 0. The van der Waals surface area contributed by atoms with Crippen LogP contribution in [0.5, 0.6) is 0 Å². The van der Waals surface area contributed by atoms with E-state index < -0.39 is 11.9 Å². The highest BCUT2D eigenvalue weighted by Gasteiger charge is 2.34. The van der Waals surface area contributed by atoms with Crippen LogP contribution < -0.4 is 0 Å². The lowest BCUT2D eigenvalue weighted by Gasteiger charge is -2.30. The topological polar surface area (TPSA) is 74.7 Å². The molecule has 0 aromatic carbocycles. The predicted molar refractivity (Wildman–Crippen MR) is 51.9 cm³/mol. The van der Waals surface area contributed by atoms with Gasteiger partial charge in [0.25, 0.3) is 0 Å². The number of carboxylic acid groups (broad SMARTS) is 1. The molecule has 1 rings (SSSR count). The quantitative estimate of drug-likeness (QED) is 0.724. The summed E-state index contributed by atoms with van der Waals surface area (Å²) in [6, 6.07) is 0. The smallest absolute Gasteiger partial charge is 0.308 e. The molecule has 0 saturated carbocycles. The average molecular weight is 213 g/mol. The SMILES string of the molecule is CC(C)C(=O)N1CC(C(=O)O)CCC1=O. The van der Waals surface area contributed by atoms with Gasteiger partial charge in [-0.2, -0.15) is 0 Å². The van der Waals surface area contributed by atoms with Gasteiger partial charge in [0.15, 0.2) is 0 Å². The van der Waals surface area contributed by atoms with Gasteiger partial charge in [0, 0.05) is 18.9 Å². The summed E-state index contributed by atoms with van der Waals surface area (Å²) in [6.45, 7) is 3.41. The molecule has 1 unspecified atom stereocenters. The number of likely N-dealkylation sites (tertiary alicyclic amines) is 1. The second kappa shape index (κ2) is 4.42. The number of piperidine rings is 1. The summed E-state index contributed by atoms with van der Waals surface area (Å²) < 4.78 is 0. The fourth-order valence-electron chi connectivity index (χ4n) is 1.57. The van der Waals surface area contributed by atoms with Crippen LogP contribution in [0.4, 0.5) is 0 Å². The Bertz CT molecular complexity index is 298. The van der Waals surface area contributed by atoms with Gasteiger partial charge < -0.3 is 5.11 Å². The first-order chi connectivity index (χ1) is 6.93. The maximum Gasteiger partial charge on any atom is 0.308 e. The Hall–Kier alpha value is -1.39. The van der Waals surface area contributed by atoms with E-state index in [9.17, 15) is 14.4 Å². The van der Waals surface area contributed by atoms with Gasteiger partial charge in [-0.15, -0.1) is 0 Å². The fourth-order valence-corrected chi connectivity index (χ4v) is 1.57. The third-order valence-corrected chi connectivity index (χ3v) is 2.52. The van der Waals surface area contributed by atoms with Crippen molar-refractivity contribution in [2.75, 3.05) is 6.54 Å². The molecular formula is C10H15NO4. The molecule has 0 spiro atoms. The van der Waals surface area contributed by atoms with Gasteiger partial charge in [0.05, 0.1) is 5.92 Å². The highest BCUT2D eigenvalue weighted by Crippen LogP contribution is 2.19. The van der Waals surface area contributed by atoms with E-state index >= 15 is 0 Å². The number of carbonyl (C=O) groups is 3. The average Bonchev–Trinajstić information content (AvgIpc) is 2.16. The molecule has 0 aromatic rings. The van der Waals surface area contributed by atoms with Crippen molar-refractivity contribution in [2.45, 2.75) is 26.7 Å². The number of imide groups is 1. The molecule has 5 heteroatoms. The van der Waals surface area contributed by atoms with Crippen molar-refractivity contribution in [3.05, 3.63) is 0 Å². The van der Waals surface area contributed by atoms with Crippen molar-refractivity contribution in [3.8, 4) is 0 Å². The molecular weight excluding hydrogens is 198 g/mol. The first-order valence-electron chi connectivity index (χ1n) is 5.00. The zero-order chi connectivity index (χ0) is 11.6. The zero-order valence-electron chi connectivity index (χ0n) is 8.90. The van der Waals surface area contributed by atoms with Crippen molar-refractivity contribution in [2.24, 2.45) is 11.8 Å². The van der Waals surface area contributed by atoms with Gasteiger partial charge in [0.1, 0.15) is 0 Å². The Kier molecular flexibility index (Phi) is 3.44. The summed E-state index contributed by atoms with van der Waals surface area (Å²) in [7, 11) is 0. The summed E-state index contributed by atoms with van der Waals surface area (Å²) in [5.41, 5.74) is 0. The van der Waals surface area contributed by atoms with E-state index in [1.165, 1.54) is 0 Å². The number of hydrogen-bond acceptors (Lipinski definition) is 3. The van der Waals surface area contributed by atoms with Crippen molar-refractivity contribution < 1.29 is 19.5 Å². The molecule has 0 aromatic heterocycles. The minimum atomic E-state index is -0.941. The third-order valence-electron chi connectivity index (χ3n) is 2.52. The van der Waals surface area contributed by atoms with Crippen LogP contribution in [0.1, 0.15) is 26.7 Å². The van der Waals surface area contributed by atoms with E-state index in [2.05, 4.69) is 0 Å². The third kappa shape index (κ3) is 2.55. The maximum atomic E-state index is 11.6. The number of aliphatic carboxylic acids is 1. The monoisotopic (exact) mass is 213 g/mol. The van der Waals surface area contributed by atoms with Crippen LogP contribution in [-0.4, -0.2) is 34.3 Å². The number of amides is 2. The predicted octanol–water partition coefficient (Wildman–Crippen LogP) is 0.492. The molecule has 5 nitrogen and oxygen atoms in total. The number of hydrogen-bond donors (Lipinski definition) is 1. The molecule has 1 aliphatic heterocycles. The molecule has 15 heavy (non-hydrogen) atoms. The summed E-state index contributed by atoms with van der Waals surface area (Å²) in [5.74, 6) is -2.37. The Balaban J connectivity index is 2.74. The molecule has 1 N–H and O–H groups in total. The van der Waals surface area contributed by atoms with Crippen molar-refractivity contribution in [1.82, 2.24) is 4.90 Å². The highest BCUT2D eigenvalue weighted by molar-refractivity contribution is 5.97. The van der Waals surface area contributed by atoms with Crippen LogP contribution >= 0.6 is 0 Å². The minimum absolute atomic E-state index is 0.0190. The van der Waals surface area contributed by atoms with Gasteiger partial charge in [0.2, 0.25) is 11.8 Å². The van der Waals surface area contributed by atoms with Crippen LogP contribution in [0.15, 0.2) is 0 Å². The second-order valence-corrected chi connectivity index (χ2v) is 4.07. The summed E-state index contributed by atoms with van der Waals surface area (Å²) in [4.78, 5) is 34.8. The van der Waals surface area contributed by atoms with Crippen LogP contribution in [0.3, 0.4) is 0 Å². The van der Waals surface area contributed by atoms with Crippen LogP contribution in [0.2, 0.25) is 0 Å². The van der Waals surface area contributed by atoms with E-state index in [-0.39, 0.29) is 30.7 Å². The fraction of sp³-hybridized carbons (Fsp3) is 0.700. The molecule has 0 radical (unpaired) electrons. The molecule has 84 valence electrons. The molecule has 0 bridgehead atoms. The Morgan fingerprint density at radius 2 is 2.07 bits per heavy atom. The van der Waals surface area contributed by atoms with Crippen molar-refractivity contribution >= 4 is 17.8 Å². The molecule has 1 atom stereocenters. The first kappa shape index (κ1) is 11.7. The minimum Gasteiger partial charge on any atom is -0.481 e. The van der Waals surface area contributed by atoms with E-state index in [0.29, 0.717) is 6.42 Å². The molecule has 2 amide bonds. The number of nitrogens with zero attached hydrogens (tertiary/aromatic N) is 1. The van der Waals surface area contributed by atoms with E-state index in [1.807, 2.05) is 0 Å². The van der Waals surface area contributed by atoms with Gasteiger partial charge in [-0.3, -0.25) is 19.3 Å². The van der Waals surface area contributed by atoms with Gasteiger partial charge in [-0.05, 0) is 6.42 Å². The molecule has 1 heterocycles. The number of carboxylic acids is 1. The van der Waals surface area contributed by atoms with Crippen LogP contribution in [0.25, 0.3) is 0 Å². The Labute approximate surface area is 88.1 Å². The standard InChI is InChI=1S/C10H15NO4/c1-6(2)9(13)11-5-7(10(14)15)3-4-8(11)12/h6-7H,3-5H2,1-2H3,(H,14,15). The lowest BCUT2D eigenvalue weighted by Crippen LogP contribution is -2.47. The summed E-state index contributed by atoms with van der Waals surface area (Å²) in [6.07, 6.45) is 0.478. The normalized spacial score (nSPS) is 21.9. The zero-order valence-corrected chi connectivity index (χ0v) is 8.90.